The number of rotatable bonds is 4. The molecule has 3 rings (SSSR count). The van der Waals surface area contributed by atoms with E-state index in [2.05, 4.69) is 22.9 Å². The summed E-state index contributed by atoms with van der Waals surface area (Å²) in [5.74, 6) is 0.843. The first-order valence-electron chi connectivity index (χ1n) is 8.10. The van der Waals surface area contributed by atoms with Gasteiger partial charge in [0.1, 0.15) is 0 Å². The molecule has 1 aliphatic carbocycles. The first-order valence-corrected chi connectivity index (χ1v) is 8.10. The van der Waals surface area contributed by atoms with Crippen molar-refractivity contribution in [3.63, 3.8) is 0 Å². The topological polar surface area (TPSA) is 25.4 Å². The summed E-state index contributed by atoms with van der Waals surface area (Å²) in [7, 11) is 0. The number of nitrogens with zero attached hydrogens (tertiary/aromatic N) is 2. The second-order valence-corrected chi connectivity index (χ2v) is 6.33. The lowest BCUT2D eigenvalue weighted by Crippen LogP contribution is -2.37. The molecule has 110 valence electrons. The van der Waals surface area contributed by atoms with Crippen LogP contribution in [0.25, 0.3) is 0 Å². The van der Waals surface area contributed by atoms with Crippen LogP contribution >= 0.6 is 0 Å². The maximum Gasteiger partial charge on any atom is 0.0609 e. The van der Waals surface area contributed by atoms with E-state index < -0.39 is 0 Å². The molecule has 2 aliphatic rings. The lowest BCUT2D eigenvalue weighted by atomic mass is 10.1. The summed E-state index contributed by atoms with van der Waals surface area (Å²) in [6.07, 6.45) is 12.2. The van der Waals surface area contributed by atoms with E-state index in [0.717, 1.165) is 38.5 Å². The Morgan fingerprint density at radius 3 is 2.65 bits per heavy atom. The van der Waals surface area contributed by atoms with E-state index in [1.165, 1.54) is 36.9 Å². The van der Waals surface area contributed by atoms with Gasteiger partial charge in [-0.2, -0.15) is 0 Å². The van der Waals surface area contributed by atoms with Gasteiger partial charge in [0.15, 0.2) is 0 Å². The Labute approximate surface area is 122 Å². The van der Waals surface area contributed by atoms with Crippen LogP contribution < -0.4 is 4.90 Å². The standard InChI is InChI=1S/C17H26N2O/c1-14-12-18-9-6-17(14)19-10-7-16(8-11-19)20-13-15-4-2-3-5-15/h6,9,12,15-16H,2-5,7-8,10-11,13H2,1H3. The number of hydrogen-bond donors (Lipinski definition) is 0. The van der Waals surface area contributed by atoms with Crippen LogP contribution in [0.5, 0.6) is 0 Å². The van der Waals surface area contributed by atoms with E-state index in [4.69, 9.17) is 4.74 Å². The van der Waals surface area contributed by atoms with Crippen molar-refractivity contribution in [2.45, 2.75) is 51.6 Å². The molecule has 1 aliphatic heterocycles. The number of pyridine rings is 1. The highest BCUT2D eigenvalue weighted by molar-refractivity contribution is 5.51. The van der Waals surface area contributed by atoms with Crippen LogP contribution in [0.2, 0.25) is 0 Å². The van der Waals surface area contributed by atoms with Crippen LogP contribution in [0.3, 0.4) is 0 Å². The van der Waals surface area contributed by atoms with Crippen molar-refractivity contribution in [3.8, 4) is 0 Å². The van der Waals surface area contributed by atoms with E-state index >= 15 is 0 Å². The highest BCUT2D eigenvalue weighted by Crippen LogP contribution is 2.27. The van der Waals surface area contributed by atoms with Crippen molar-refractivity contribution < 1.29 is 4.74 Å². The molecule has 1 saturated heterocycles. The molecule has 0 aromatic carbocycles. The number of ether oxygens (including phenoxy) is 1. The summed E-state index contributed by atoms with van der Waals surface area (Å²) in [6, 6.07) is 2.13. The van der Waals surface area contributed by atoms with E-state index in [9.17, 15) is 0 Å². The van der Waals surface area contributed by atoms with Crippen LogP contribution in [0.1, 0.15) is 44.1 Å². The molecule has 20 heavy (non-hydrogen) atoms. The zero-order valence-corrected chi connectivity index (χ0v) is 12.6. The molecule has 2 heterocycles. The molecule has 0 spiro atoms. The van der Waals surface area contributed by atoms with Gasteiger partial charge in [-0.1, -0.05) is 12.8 Å². The third-order valence-corrected chi connectivity index (χ3v) is 4.82. The molecule has 0 unspecified atom stereocenters. The number of aromatic nitrogens is 1. The van der Waals surface area contributed by atoms with Gasteiger partial charge in [0.05, 0.1) is 6.10 Å². The Morgan fingerprint density at radius 2 is 1.95 bits per heavy atom. The highest BCUT2D eigenvalue weighted by atomic mass is 16.5. The number of aryl methyl sites for hydroxylation is 1. The molecule has 0 radical (unpaired) electrons. The van der Waals surface area contributed by atoms with Crippen LogP contribution in [0, 0.1) is 12.8 Å². The maximum absolute atomic E-state index is 6.14. The van der Waals surface area contributed by atoms with Crippen LogP contribution in [0.4, 0.5) is 5.69 Å². The average molecular weight is 274 g/mol. The molecule has 1 aromatic rings. The third-order valence-electron chi connectivity index (χ3n) is 4.82. The molecule has 3 heteroatoms. The van der Waals surface area contributed by atoms with Crippen molar-refractivity contribution >= 4 is 5.69 Å². The summed E-state index contributed by atoms with van der Waals surface area (Å²) in [4.78, 5) is 6.66. The molecule has 0 amide bonds. The van der Waals surface area contributed by atoms with Crippen LogP contribution in [-0.2, 0) is 4.74 Å². The summed E-state index contributed by atoms with van der Waals surface area (Å²) >= 11 is 0. The molecule has 1 saturated carbocycles. The number of hydrogen-bond acceptors (Lipinski definition) is 3. The highest BCUT2D eigenvalue weighted by Gasteiger charge is 2.23. The predicted octanol–water partition coefficient (Wildman–Crippen LogP) is 3.57. The van der Waals surface area contributed by atoms with Crippen molar-refractivity contribution in [2.24, 2.45) is 5.92 Å². The van der Waals surface area contributed by atoms with E-state index in [0.29, 0.717) is 6.10 Å². The Bertz CT molecular complexity index is 421. The second kappa shape index (κ2) is 6.57. The van der Waals surface area contributed by atoms with E-state index in [1.807, 2.05) is 12.4 Å². The smallest absolute Gasteiger partial charge is 0.0609 e. The lowest BCUT2D eigenvalue weighted by molar-refractivity contribution is 0.0164. The number of anilines is 1. The van der Waals surface area contributed by atoms with Crippen molar-refractivity contribution in [1.82, 2.24) is 4.98 Å². The monoisotopic (exact) mass is 274 g/mol. The average Bonchev–Trinajstić information content (AvgIpc) is 3.00. The first-order chi connectivity index (χ1) is 9.83. The molecule has 0 atom stereocenters. The van der Waals surface area contributed by atoms with Crippen molar-refractivity contribution in [1.29, 1.82) is 0 Å². The molecular formula is C17H26N2O. The van der Waals surface area contributed by atoms with Crippen molar-refractivity contribution in [3.05, 3.63) is 24.0 Å². The number of piperidine rings is 1. The first kappa shape index (κ1) is 13.9. The lowest BCUT2D eigenvalue weighted by Gasteiger charge is -2.34. The summed E-state index contributed by atoms with van der Waals surface area (Å²) in [5, 5.41) is 0. The summed E-state index contributed by atoms with van der Waals surface area (Å²) in [5.41, 5.74) is 2.62. The van der Waals surface area contributed by atoms with Gasteiger partial charge in [-0.15, -0.1) is 0 Å². The minimum Gasteiger partial charge on any atom is -0.378 e. The minimum absolute atomic E-state index is 0.481. The largest absolute Gasteiger partial charge is 0.378 e. The van der Waals surface area contributed by atoms with Crippen molar-refractivity contribution in [2.75, 3.05) is 24.6 Å². The van der Waals surface area contributed by atoms with Crippen LogP contribution in [-0.4, -0.2) is 30.8 Å². The Kier molecular flexibility index (Phi) is 4.56. The maximum atomic E-state index is 6.14. The van der Waals surface area contributed by atoms with Gasteiger partial charge in [-0.3, -0.25) is 4.98 Å². The Balaban J connectivity index is 1.46. The van der Waals surface area contributed by atoms with Crippen LogP contribution in [0.15, 0.2) is 18.5 Å². The zero-order chi connectivity index (χ0) is 13.8. The summed E-state index contributed by atoms with van der Waals surface area (Å²) in [6.45, 7) is 5.37. The quantitative estimate of drug-likeness (QED) is 0.839. The predicted molar refractivity (Wildman–Crippen MR) is 82.1 cm³/mol. The van der Waals surface area contributed by atoms with Gasteiger partial charge in [-0.25, -0.2) is 0 Å². The van der Waals surface area contributed by atoms with Gasteiger partial charge >= 0.3 is 0 Å². The molecular weight excluding hydrogens is 248 g/mol. The SMILES string of the molecule is Cc1cnccc1N1CCC(OCC2CCCC2)CC1. The van der Waals surface area contributed by atoms with E-state index in [1.54, 1.807) is 0 Å². The molecule has 1 aromatic heterocycles. The molecule has 0 N–H and O–H groups in total. The van der Waals surface area contributed by atoms with Gasteiger partial charge in [0.2, 0.25) is 0 Å². The zero-order valence-electron chi connectivity index (χ0n) is 12.6. The van der Waals surface area contributed by atoms with Gasteiger partial charge in [0, 0.05) is 37.8 Å². The molecule has 3 nitrogen and oxygen atoms in total. The van der Waals surface area contributed by atoms with Gasteiger partial charge in [-0.05, 0) is 50.2 Å². The molecule has 0 bridgehead atoms. The van der Waals surface area contributed by atoms with Gasteiger partial charge < -0.3 is 9.64 Å². The van der Waals surface area contributed by atoms with E-state index in [-0.39, 0.29) is 0 Å². The fourth-order valence-corrected chi connectivity index (χ4v) is 3.53. The third kappa shape index (κ3) is 3.32. The second-order valence-electron chi connectivity index (χ2n) is 6.33. The van der Waals surface area contributed by atoms with Gasteiger partial charge in [0.25, 0.3) is 0 Å². The summed E-state index contributed by atoms with van der Waals surface area (Å²) < 4.78 is 6.14. The minimum atomic E-state index is 0.481. The Morgan fingerprint density at radius 1 is 1.20 bits per heavy atom. The normalized spacial score (nSPS) is 21.6. The fraction of sp³-hybridized carbons (Fsp3) is 0.706. The molecule has 2 fully saturated rings. The fourth-order valence-electron chi connectivity index (χ4n) is 3.53. The Hall–Kier alpha value is -1.09.